The molecule has 0 radical (unpaired) electrons. The summed E-state index contributed by atoms with van der Waals surface area (Å²) in [6, 6.07) is 6.76. The van der Waals surface area contributed by atoms with E-state index in [1.807, 2.05) is 0 Å². The Labute approximate surface area is 151 Å². The third-order valence-electron chi connectivity index (χ3n) is 3.74. The van der Waals surface area contributed by atoms with Gasteiger partial charge < -0.3 is 15.4 Å². The van der Waals surface area contributed by atoms with Crippen LogP contribution in [0.4, 0.5) is 20.7 Å². The molecule has 0 fully saturated rings. The van der Waals surface area contributed by atoms with Gasteiger partial charge in [0.15, 0.2) is 0 Å². The second-order valence-electron chi connectivity index (χ2n) is 5.63. The summed E-state index contributed by atoms with van der Waals surface area (Å²) in [5.41, 5.74) is 0.334. The zero-order valence-electron chi connectivity index (χ0n) is 13.5. The molecule has 4 N–H and O–H groups in total. The van der Waals surface area contributed by atoms with Gasteiger partial charge in [-0.05, 0) is 31.2 Å². The normalized spacial score (nSPS) is 12.0. The van der Waals surface area contributed by atoms with Crippen LogP contribution in [0.15, 0.2) is 41.3 Å². The molecular formula is C17H14ClFN4O3. The molecule has 0 saturated carbocycles. The number of pyridine rings is 2. The third kappa shape index (κ3) is 3.75. The van der Waals surface area contributed by atoms with E-state index >= 15 is 0 Å². The van der Waals surface area contributed by atoms with Crippen molar-refractivity contribution in [1.82, 2.24) is 9.97 Å². The van der Waals surface area contributed by atoms with Crippen LogP contribution < -0.4 is 16.2 Å². The van der Waals surface area contributed by atoms with Gasteiger partial charge in [-0.3, -0.25) is 10.1 Å². The molecule has 3 aromatic rings. The van der Waals surface area contributed by atoms with Crippen LogP contribution in [-0.4, -0.2) is 21.2 Å². The number of anilines is 2. The van der Waals surface area contributed by atoms with E-state index < -0.39 is 23.5 Å². The maximum atomic E-state index is 13.9. The number of carboxylic acid groups (broad SMARTS) is 1. The summed E-state index contributed by atoms with van der Waals surface area (Å²) < 4.78 is 13.9. The van der Waals surface area contributed by atoms with Crippen molar-refractivity contribution in [2.75, 3.05) is 10.6 Å². The number of benzene rings is 1. The van der Waals surface area contributed by atoms with Gasteiger partial charge in [0, 0.05) is 33.9 Å². The Hall–Kier alpha value is -3.13. The highest BCUT2D eigenvalue weighted by molar-refractivity contribution is 6.31. The van der Waals surface area contributed by atoms with Crippen molar-refractivity contribution in [3.05, 3.63) is 63.3 Å². The van der Waals surface area contributed by atoms with Crippen LogP contribution in [0.5, 0.6) is 0 Å². The van der Waals surface area contributed by atoms with Crippen LogP contribution in [0.1, 0.15) is 18.5 Å². The Kier molecular flexibility index (Phi) is 4.77. The lowest BCUT2D eigenvalue weighted by molar-refractivity contribution is 0.210. The monoisotopic (exact) mass is 376 g/mol. The number of aromatic amines is 1. The first kappa shape index (κ1) is 17.7. The van der Waals surface area contributed by atoms with Crippen molar-refractivity contribution in [3.63, 3.8) is 0 Å². The van der Waals surface area contributed by atoms with Crippen molar-refractivity contribution in [2.45, 2.75) is 13.0 Å². The highest BCUT2D eigenvalue weighted by Crippen LogP contribution is 2.24. The largest absolute Gasteiger partial charge is 0.465 e. The first-order valence-electron chi connectivity index (χ1n) is 7.58. The van der Waals surface area contributed by atoms with E-state index in [0.717, 1.165) is 6.07 Å². The molecule has 1 amide bonds. The highest BCUT2D eigenvalue weighted by Gasteiger charge is 2.14. The first-order chi connectivity index (χ1) is 12.3. The standard InChI is InChI=1S/C17H14ClFN4O3/c1-8(21-14-7-11(2-3-20-14)22-17(25)26)12-5-9-4-10(18)6-13(19)15(9)23-16(12)24/h2-8H,1H3,(H,23,24)(H,25,26)(H2,20,21,22). The Morgan fingerprint density at radius 3 is 2.85 bits per heavy atom. The number of halogens is 2. The summed E-state index contributed by atoms with van der Waals surface area (Å²) in [6.07, 6.45) is 0.236. The van der Waals surface area contributed by atoms with E-state index in [-0.39, 0.29) is 10.5 Å². The predicted molar refractivity (Wildman–Crippen MR) is 97.5 cm³/mol. The van der Waals surface area contributed by atoms with E-state index in [1.165, 1.54) is 18.3 Å². The molecule has 0 aliphatic rings. The second kappa shape index (κ2) is 7.01. The van der Waals surface area contributed by atoms with Crippen LogP contribution in [0, 0.1) is 5.82 Å². The van der Waals surface area contributed by atoms with E-state index in [4.69, 9.17) is 16.7 Å². The van der Waals surface area contributed by atoms with Gasteiger partial charge in [0.25, 0.3) is 5.56 Å². The van der Waals surface area contributed by atoms with Gasteiger partial charge in [-0.25, -0.2) is 14.2 Å². The minimum absolute atomic E-state index is 0.0844. The molecule has 0 aliphatic carbocycles. The molecule has 0 bridgehead atoms. The van der Waals surface area contributed by atoms with Crippen molar-refractivity contribution >= 4 is 40.1 Å². The molecule has 3 rings (SSSR count). The number of fused-ring (bicyclic) bond motifs is 1. The molecule has 26 heavy (non-hydrogen) atoms. The molecular weight excluding hydrogens is 363 g/mol. The van der Waals surface area contributed by atoms with Gasteiger partial charge in [0.2, 0.25) is 0 Å². The SMILES string of the molecule is CC(Nc1cc(NC(=O)O)ccn1)c1cc2cc(Cl)cc(F)c2[nH]c1=O. The number of hydrogen-bond donors (Lipinski definition) is 4. The summed E-state index contributed by atoms with van der Waals surface area (Å²) >= 11 is 5.87. The number of nitrogens with one attached hydrogen (secondary N) is 3. The average Bonchev–Trinajstić information content (AvgIpc) is 2.54. The van der Waals surface area contributed by atoms with Crippen LogP contribution in [-0.2, 0) is 0 Å². The molecule has 0 saturated heterocycles. The van der Waals surface area contributed by atoms with Crippen LogP contribution in [0.3, 0.4) is 0 Å². The molecule has 134 valence electrons. The van der Waals surface area contributed by atoms with Gasteiger partial charge >= 0.3 is 6.09 Å². The summed E-state index contributed by atoms with van der Waals surface area (Å²) in [4.78, 5) is 29.6. The minimum atomic E-state index is -1.19. The third-order valence-corrected chi connectivity index (χ3v) is 3.96. The molecule has 2 heterocycles. The van der Waals surface area contributed by atoms with Gasteiger partial charge in [-0.15, -0.1) is 0 Å². The Balaban J connectivity index is 1.93. The van der Waals surface area contributed by atoms with Crippen molar-refractivity contribution < 1.29 is 14.3 Å². The van der Waals surface area contributed by atoms with Crippen LogP contribution in [0.25, 0.3) is 10.9 Å². The zero-order valence-corrected chi connectivity index (χ0v) is 14.3. The fourth-order valence-electron chi connectivity index (χ4n) is 2.59. The van der Waals surface area contributed by atoms with Gasteiger partial charge in [0.05, 0.1) is 11.6 Å². The van der Waals surface area contributed by atoms with Crippen molar-refractivity contribution in [2.24, 2.45) is 0 Å². The van der Waals surface area contributed by atoms with Crippen molar-refractivity contribution in [3.8, 4) is 0 Å². The van der Waals surface area contributed by atoms with Crippen LogP contribution in [0.2, 0.25) is 5.02 Å². The molecule has 7 nitrogen and oxygen atoms in total. The van der Waals surface area contributed by atoms with Crippen LogP contribution >= 0.6 is 11.6 Å². The lowest BCUT2D eigenvalue weighted by Crippen LogP contribution is -2.20. The Morgan fingerprint density at radius 2 is 2.12 bits per heavy atom. The van der Waals surface area contributed by atoms with E-state index in [9.17, 15) is 14.0 Å². The Bertz CT molecular complexity index is 1050. The summed E-state index contributed by atoms with van der Waals surface area (Å²) in [6.45, 7) is 1.73. The molecule has 1 aromatic carbocycles. The average molecular weight is 377 g/mol. The number of nitrogens with zero attached hydrogens (tertiary/aromatic N) is 1. The first-order valence-corrected chi connectivity index (χ1v) is 7.96. The molecule has 1 atom stereocenters. The number of carbonyl (C=O) groups is 1. The van der Waals surface area contributed by atoms with Gasteiger partial charge in [0.1, 0.15) is 11.6 Å². The van der Waals surface area contributed by atoms with Gasteiger partial charge in [-0.2, -0.15) is 0 Å². The number of rotatable bonds is 4. The zero-order chi connectivity index (χ0) is 18.8. The summed E-state index contributed by atoms with van der Waals surface area (Å²) in [7, 11) is 0. The van der Waals surface area contributed by atoms with E-state index in [0.29, 0.717) is 22.5 Å². The smallest absolute Gasteiger partial charge is 0.409 e. The van der Waals surface area contributed by atoms with Gasteiger partial charge in [-0.1, -0.05) is 11.6 Å². The fraction of sp³-hybridized carbons (Fsp3) is 0.118. The minimum Gasteiger partial charge on any atom is -0.465 e. The Morgan fingerprint density at radius 1 is 1.35 bits per heavy atom. The quantitative estimate of drug-likeness (QED) is 0.551. The number of hydrogen-bond acceptors (Lipinski definition) is 4. The fourth-order valence-corrected chi connectivity index (χ4v) is 2.80. The topological polar surface area (TPSA) is 107 Å². The molecule has 2 aromatic heterocycles. The maximum Gasteiger partial charge on any atom is 0.409 e. The number of amides is 1. The molecule has 1 unspecified atom stereocenters. The number of aromatic nitrogens is 2. The summed E-state index contributed by atoms with van der Waals surface area (Å²) in [5, 5.41) is 14.7. The lowest BCUT2D eigenvalue weighted by atomic mass is 10.1. The molecule has 0 spiro atoms. The second-order valence-corrected chi connectivity index (χ2v) is 6.07. The lowest BCUT2D eigenvalue weighted by Gasteiger charge is -2.15. The predicted octanol–water partition coefficient (Wildman–Crippen LogP) is 3.98. The van der Waals surface area contributed by atoms with Crippen molar-refractivity contribution in [1.29, 1.82) is 0 Å². The molecule has 0 aliphatic heterocycles. The molecule has 9 heteroatoms. The highest BCUT2D eigenvalue weighted by atomic mass is 35.5. The van der Waals surface area contributed by atoms with E-state index in [2.05, 4.69) is 20.6 Å². The summed E-state index contributed by atoms with van der Waals surface area (Å²) in [5.74, 6) is -0.230. The van der Waals surface area contributed by atoms with E-state index in [1.54, 1.807) is 19.1 Å². The number of H-pyrrole nitrogens is 1. The maximum absolute atomic E-state index is 13.9.